The highest BCUT2D eigenvalue weighted by Gasteiger charge is 2.38. The van der Waals surface area contributed by atoms with Crippen molar-refractivity contribution in [1.29, 1.82) is 0 Å². The predicted molar refractivity (Wildman–Crippen MR) is 73.1 cm³/mol. The van der Waals surface area contributed by atoms with Crippen LogP contribution in [0.5, 0.6) is 0 Å². The molecule has 1 saturated heterocycles. The molecule has 7 nitrogen and oxygen atoms in total. The summed E-state index contributed by atoms with van der Waals surface area (Å²) >= 11 is 0. The van der Waals surface area contributed by atoms with Crippen molar-refractivity contribution < 1.29 is 21.4 Å². The van der Waals surface area contributed by atoms with Crippen molar-refractivity contribution in [3.8, 4) is 0 Å². The van der Waals surface area contributed by atoms with E-state index in [2.05, 4.69) is 5.32 Å². The smallest absolute Gasteiger partial charge is 0.294 e. The lowest BCUT2D eigenvalue weighted by Gasteiger charge is -2.06. The van der Waals surface area contributed by atoms with Crippen molar-refractivity contribution in [3.05, 3.63) is 29.8 Å². The number of benzene rings is 1. The zero-order valence-corrected chi connectivity index (χ0v) is 12.3. The molecule has 1 aromatic carbocycles. The normalized spacial score (nSPS) is 20.8. The van der Waals surface area contributed by atoms with Gasteiger partial charge in [0, 0.05) is 13.1 Å². The van der Waals surface area contributed by atoms with Crippen LogP contribution in [0.25, 0.3) is 0 Å². The van der Waals surface area contributed by atoms with E-state index in [9.17, 15) is 16.8 Å². The lowest BCUT2D eigenvalue weighted by Crippen LogP contribution is -2.18. The number of hydrogen-bond donors (Lipinski definition) is 2. The molecule has 1 unspecified atom stereocenters. The van der Waals surface area contributed by atoms with Crippen molar-refractivity contribution in [2.75, 3.05) is 19.0 Å². The summed E-state index contributed by atoms with van der Waals surface area (Å²) in [5.41, 5.74) is 0.736. The SMILES string of the molecule is O=S(=O)(O)c1cccc(CNCCCN2CS2(=O)=O)c1. The third-order valence-corrected chi connectivity index (χ3v) is 5.20. The van der Waals surface area contributed by atoms with Gasteiger partial charge in [-0.15, -0.1) is 0 Å². The number of nitrogens with one attached hydrogen (secondary N) is 1. The standard InChI is InChI=1S/C11H16N2O5S2/c14-19(15)9-13(19)6-2-5-12-8-10-3-1-4-11(7-10)20(16,17)18/h1,3-4,7,12H,2,5-6,8-9H2,(H,16,17,18). The van der Waals surface area contributed by atoms with Gasteiger partial charge in [0.15, 0.2) is 0 Å². The third kappa shape index (κ3) is 4.25. The van der Waals surface area contributed by atoms with Gasteiger partial charge in [-0.3, -0.25) is 4.55 Å². The maximum atomic E-state index is 11.0. The molecule has 9 heteroatoms. The Kier molecular flexibility index (Phi) is 4.45. The Labute approximate surface area is 118 Å². The van der Waals surface area contributed by atoms with Gasteiger partial charge >= 0.3 is 0 Å². The van der Waals surface area contributed by atoms with Crippen molar-refractivity contribution >= 4 is 20.1 Å². The van der Waals surface area contributed by atoms with E-state index in [4.69, 9.17) is 4.55 Å². The van der Waals surface area contributed by atoms with Crippen LogP contribution in [-0.2, 0) is 26.7 Å². The van der Waals surface area contributed by atoms with Crippen molar-refractivity contribution in [2.24, 2.45) is 0 Å². The largest absolute Gasteiger partial charge is 0.313 e. The molecule has 1 aliphatic heterocycles. The van der Waals surface area contributed by atoms with E-state index in [1.807, 2.05) is 0 Å². The number of hydrogen-bond acceptors (Lipinski definition) is 5. The molecule has 0 aliphatic carbocycles. The molecule has 1 fully saturated rings. The molecule has 0 spiro atoms. The van der Waals surface area contributed by atoms with Crippen LogP contribution in [0.4, 0.5) is 0 Å². The molecule has 20 heavy (non-hydrogen) atoms. The van der Waals surface area contributed by atoms with Crippen LogP contribution < -0.4 is 5.32 Å². The van der Waals surface area contributed by atoms with Crippen molar-refractivity contribution in [2.45, 2.75) is 17.9 Å². The van der Waals surface area contributed by atoms with E-state index < -0.39 is 20.1 Å². The van der Waals surface area contributed by atoms with E-state index >= 15 is 0 Å². The molecule has 2 N–H and O–H groups in total. The molecule has 1 aromatic rings. The van der Waals surface area contributed by atoms with Gasteiger partial charge in [0.1, 0.15) is 5.88 Å². The minimum atomic E-state index is -4.18. The topological polar surface area (TPSA) is 104 Å². The average molecular weight is 320 g/mol. The van der Waals surface area contributed by atoms with Gasteiger partial charge < -0.3 is 5.32 Å². The van der Waals surface area contributed by atoms with Crippen LogP contribution >= 0.6 is 0 Å². The fourth-order valence-corrected chi connectivity index (χ4v) is 3.45. The molecular weight excluding hydrogens is 304 g/mol. The average Bonchev–Trinajstić information content (AvgIpc) is 2.96. The summed E-state index contributed by atoms with van der Waals surface area (Å²) in [4.78, 5) is -0.132. The Hall–Kier alpha value is -1.00. The number of sulfonamides is 1. The van der Waals surface area contributed by atoms with Crippen LogP contribution in [0.1, 0.15) is 12.0 Å². The second-order valence-electron chi connectivity index (χ2n) is 4.57. The number of rotatable bonds is 7. The second-order valence-corrected chi connectivity index (χ2v) is 7.93. The molecular formula is C11H16N2O5S2. The molecule has 2 rings (SSSR count). The summed E-state index contributed by atoms with van der Waals surface area (Å²) in [7, 11) is -7.09. The van der Waals surface area contributed by atoms with Crippen molar-refractivity contribution in [3.63, 3.8) is 0 Å². The quantitative estimate of drug-likeness (QED) is 0.417. The van der Waals surface area contributed by atoms with Gasteiger partial charge in [0.05, 0.1) is 4.90 Å². The predicted octanol–water partition coefficient (Wildman–Crippen LogP) is 0.0159. The lowest BCUT2D eigenvalue weighted by atomic mass is 10.2. The molecule has 0 saturated carbocycles. The second kappa shape index (κ2) is 5.78. The molecule has 0 bridgehead atoms. The molecule has 0 aromatic heterocycles. The fraction of sp³-hybridized carbons (Fsp3) is 0.455. The summed E-state index contributed by atoms with van der Waals surface area (Å²) in [6.45, 7) is 1.58. The maximum absolute atomic E-state index is 11.0. The van der Waals surface area contributed by atoms with Gasteiger partial charge in [-0.25, -0.2) is 8.42 Å². The first-order valence-corrected chi connectivity index (χ1v) is 9.09. The van der Waals surface area contributed by atoms with E-state index in [0.717, 1.165) is 5.56 Å². The first-order chi connectivity index (χ1) is 9.29. The molecule has 1 aliphatic rings. The van der Waals surface area contributed by atoms with E-state index in [1.54, 1.807) is 12.1 Å². The minimum absolute atomic E-state index is 0.132. The van der Waals surface area contributed by atoms with E-state index in [0.29, 0.717) is 26.1 Å². The van der Waals surface area contributed by atoms with Crippen LogP contribution in [0.15, 0.2) is 29.2 Å². The zero-order valence-electron chi connectivity index (χ0n) is 10.7. The van der Waals surface area contributed by atoms with Gasteiger partial charge in [-0.2, -0.15) is 12.7 Å². The molecule has 0 radical (unpaired) electrons. The molecule has 0 amide bonds. The third-order valence-electron chi connectivity index (χ3n) is 2.91. The van der Waals surface area contributed by atoms with E-state index in [1.165, 1.54) is 16.4 Å². The zero-order chi connectivity index (χ0) is 14.8. The number of nitrogens with zero attached hydrogens (tertiary/aromatic N) is 1. The van der Waals surface area contributed by atoms with Gasteiger partial charge in [0.25, 0.3) is 10.1 Å². The Morgan fingerprint density at radius 2 is 2.05 bits per heavy atom. The highest BCUT2D eigenvalue weighted by molar-refractivity contribution is 7.95. The Balaban J connectivity index is 1.74. The first kappa shape index (κ1) is 15.4. The monoisotopic (exact) mass is 320 g/mol. The van der Waals surface area contributed by atoms with Gasteiger partial charge in [-0.1, -0.05) is 12.1 Å². The minimum Gasteiger partial charge on any atom is -0.313 e. The Morgan fingerprint density at radius 3 is 2.65 bits per heavy atom. The summed E-state index contributed by atoms with van der Waals surface area (Å²) in [6.07, 6.45) is 0.692. The maximum Gasteiger partial charge on any atom is 0.294 e. The van der Waals surface area contributed by atoms with Gasteiger partial charge in [0.2, 0.25) is 10.0 Å². The van der Waals surface area contributed by atoms with Crippen molar-refractivity contribution in [1.82, 2.24) is 9.62 Å². The lowest BCUT2D eigenvalue weighted by molar-refractivity contribution is 0.483. The Bertz CT molecular complexity index is 685. The fourth-order valence-electron chi connectivity index (χ4n) is 1.79. The Morgan fingerprint density at radius 1 is 1.35 bits per heavy atom. The first-order valence-electron chi connectivity index (χ1n) is 6.04. The summed E-state index contributed by atoms with van der Waals surface area (Å²) in [5.74, 6) is 0.142. The summed E-state index contributed by atoms with van der Waals surface area (Å²) in [5, 5.41) is 3.09. The summed E-state index contributed by atoms with van der Waals surface area (Å²) < 4.78 is 54.1. The highest BCUT2D eigenvalue weighted by Crippen LogP contribution is 2.18. The molecule has 1 atom stereocenters. The van der Waals surface area contributed by atoms with Crippen LogP contribution in [0.2, 0.25) is 0 Å². The van der Waals surface area contributed by atoms with Crippen LogP contribution in [0.3, 0.4) is 0 Å². The van der Waals surface area contributed by atoms with Crippen LogP contribution in [-0.4, -0.2) is 44.7 Å². The highest BCUT2D eigenvalue weighted by atomic mass is 32.2. The van der Waals surface area contributed by atoms with Crippen LogP contribution in [0, 0.1) is 0 Å². The molecule has 1 heterocycles. The van der Waals surface area contributed by atoms with E-state index in [-0.39, 0.29) is 10.8 Å². The molecule has 112 valence electrons. The van der Waals surface area contributed by atoms with Gasteiger partial charge in [-0.05, 0) is 30.7 Å². The summed E-state index contributed by atoms with van der Waals surface area (Å²) in [6, 6.07) is 6.03.